The van der Waals surface area contributed by atoms with E-state index < -0.39 is 0 Å². The fourth-order valence-corrected chi connectivity index (χ4v) is 4.45. The number of hydrogen-bond acceptors (Lipinski definition) is 6. The smallest absolute Gasteiger partial charge is 0.191 e. The molecule has 0 amide bonds. The van der Waals surface area contributed by atoms with Crippen LogP contribution in [0.1, 0.15) is 50.4 Å². The quantitative estimate of drug-likeness (QED) is 0.475. The highest BCUT2D eigenvalue weighted by Gasteiger charge is 2.22. The third-order valence-corrected chi connectivity index (χ3v) is 5.95. The Kier molecular flexibility index (Phi) is 7.83. The summed E-state index contributed by atoms with van der Waals surface area (Å²) in [5.74, 6) is 2.87. The van der Waals surface area contributed by atoms with Crippen LogP contribution in [0.25, 0.3) is 0 Å². The van der Waals surface area contributed by atoms with E-state index >= 15 is 0 Å². The van der Waals surface area contributed by atoms with Gasteiger partial charge in [-0.05, 0) is 31.4 Å². The molecule has 1 aromatic carbocycles. The van der Waals surface area contributed by atoms with Gasteiger partial charge in [-0.3, -0.25) is 0 Å². The van der Waals surface area contributed by atoms with Gasteiger partial charge in [0.1, 0.15) is 5.75 Å². The zero-order valence-corrected chi connectivity index (χ0v) is 17.1. The molecule has 1 saturated carbocycles. The molecule has 1 aliphatic rings. The molecule has 1 aromatic heterocycles. The van der Waals surface area contributed by atoms with Crippen molar-refractivity contribution in [2.45, 2.75) is 56.3 Å². The van der Waals surface area contributed by atoms with Crippen molar-refractivity contribution in [2.75, 3.05) is 31.9 Å². The number of methoxy groups -OCH3 is 2. The normalized spacial score (nSPS) is 15.0. The summed E-state index contributed by atoms with van der Waals surface area (Å²) < 4.78 is 12.8. The third-order valence-electron chi connectivity index (χ3n) is 4.92. The number of anilines is 1. The van der Waals surface area contributed by atoms with Crippen LogP contribution in [0.15, 0.2) is 29.4 Å². The standard InChI is InChI=1S/C20H30N4O2S/c1-25-12-7-13-27-20-23-22-19(24(20)17-9-4-3-5-10-17)15-21-16-8-6-11-18(14-16)26-2/h6,8,11,14,17,21H,3-5,7,9-10,12-13,15H2,1-2H3. The van der Waals surface area contributed by atoms with Crippen LogP contribution in [-0.2, 0) is 11.3 Å². The van der Waals surface area contributed by atoms with E-state index in [9.17, 15) is 0 Å². The highest BCUT2D eigenvalue weighted by Crippen LogP contribution is 2.33. The molecule has 1 fully saturated rings. The summed E-state index contributed by atoms with van der Waals surface area (Å²) in [5, 5.41) is 13.5. The minimum atomic E-state index is 0.515. The maximum atomic E-state index is 5.31. The van der Waals surface area contributed by atoms with Crippen molar-refractivity contribution in [3.05, 3.63) is 30.1 Å². The molecule has 0 atom stereocenters. The number of rotatable bonds is 10. The number of aromatic nitrogens is 3. The lowest BCUT2D eigenvalue weighted by molar-refractivity contribution is 0.200. The van der Waals surface area contributed by atoms with Gasteiger partial charge in [0.25, 0.3) is 0 Å². The monoisotopic (exact) mass is 390 g/mol. The van der Waals surface area contributed by atoms with Gasteiger partial charge < -0.3 is 19.4 Å². The van der Waals surface area contributed by atoms with Gasteiger partial charge in [0.05, 0.1) is 13.7 Å². The maximum Gasteiger partial charge on any atom is 0.191 e. The minimum Gasteiger partial charge on any atom is -0.497 e. The molecule has 7 heteroatoms. The van der Waals surface area contributed by atoms with Crippen LogP contribution in [0.4, 0.5) is 5.69 Å². The second kappa shape index (κ2) is 10.6. The molecular formula is C20H30N4O2S. The number of nitrogens with zero attached hydrogens (tertiary/aromatic N) is 3. The first kappa shape index (κ1) is 20.0. The molecular weight excluding hydrogens is 360 g/mol. The average Bonchev–Trinajstić information content (AvgIpc) is 3.13. The Bertz CT molecular complexity index is 701. The van der Waals surface area contributed by atoms with Crippen LogP contribution in [0.5, 0.6) is 5.75 Å². The Balaban J connectivity index is 1.71. The Hall–Kier alpha value is -1.73. The fraction of sp³-hybridized carbons (Fsp3) is 0.600. The lowest BCUT2D eigenvalue weighted by atomic mass is 9.95. The molecule has 27 heavy (non-hydrogen) atoms. The number of ether oxygens (including phenoxy) is 2. The largest absolute Gasteiger partial charge is 0.497 e. The van der Waals surface area contributed by atoms with Crippen molar-refractivity contribution in [1.82, 2.24) is 14.8 Å². The van der Waals surface area contributed by atoms with Crippen molar-refractivity contribution < 1.29 is 9.47 Å². The Morgan fingerprint density at radius 1 is 1.19 bits per heavy atom. The molecule has 0 aliphatic heterocycles. The summed E-state index contributed by atoms with van der Waals surface area (Å²) in [5.41, 5.74) is 1.03. The van der Waals surface area contributed by atoms with Gasteiger partial charge in [-0.15, -0.1) is 10.2 Å². The number of thioether (sulfide) groups is 1. The molecule has 0 bridgehead atoms. The number of benzene rings is 1. The summed E-state index contributed by atoms with van der Waals surface area (Å²) >= 11 is 1.79. The molecule has 0 saturated heterocycles. The third kappa shape index (κ3) is 5.62. The predicted molar refractivity (Wildman–Crippen MR) is 110 cm³/mol. The first-order valence-electron chi connectivity index (χ1n) is 9.75. The van der Waals surface area contributed by atoms with Crippen molar-refractivity contribution in [3.8, 4) is 5.75 Å². The topological polar surface area (TPSA) is 61.2 Å². The molecule has 1 aliphatic carbocycles. The molecule has 1 heterocycles. The molecule has 0 radical (unpaired) electrons. The lowest BCUT2D eigenvalue weighted by Gasteiger charge is -2.25. The van der Waals surface area contributed by atoms with E-state index in [1.54, 1.807) is 26.0 Å². The van der Waals surface area contributed by atoms with Gasteiger partial charge in [0.2, 0.25) is 0 Å². The van der Waals surface area contributed by atoms with E-state index in [1.807, 2.05) is 24.3 Å². The summed E-state index contributed by atoms with van der Waals surface area (Å²) in [4.78, 5) is 0. The van der Waals surface area contributed by atoms with Crippen LogP contribution in [0, 0.1) is 0 Å². The van der Waals surface area contributed by atoms with Crippen molar-refractivity contribution >= 4 is 17.4 Å². The zero-order chi connectivity index (χ0) is 18.9. The number of hydrogen-bond donors (Lipinski definition) is 1. The van der Waals surface area contributed by atoms with Crippen molar-refractivity contribution in [3.63, 3.8) is 0 Å². The lowest BCUT2D eigenvalue weighted by Crippen LogP contribution is -2.18. The first-order valence-corrected chi connectivity index (χ1v) is 10.7. The molecule has 6 nitrogen and oxygen atoms in total. The van der Waals surface area contributed by atoms with E-state index in [0.29, 0.717) is 12.6 Å². The summed E-state index contributed by atoms with van der Waals surface area (Å²) in [6.45, 7) is 1.45. The Morgan fingerprint density at radius 3 is 2.81 bits per heavy atom. The Morgan fingerprint density at radius 2 is 2.04 bits per heavy atom. The fourth-order valence-electron chi connectivity index (χ4n) is 3.51. The van der Waals surface area contributed by atoms with E-state index in [2.05, 4.69) is 20.1 Å². The average molecular weight is 391 g/mol. The van der Waals surface area contributed by atoms with Crippen LogP contribution >= 0.6 is 11.8 Å². The predicted octanol–water partition coefficient (Wildman–Crippen LogP) is 4.53. The summed E-state index contributed by atoms with van der Waals surface area (Å²) in [6.07, 6.45) is 7.38. The van der Waals surface area contributed by atoms with Gasteiger partial charge in [-0.2, -0.15) is 0 Å². The first-order chi connectivity index (χ1) is 13.3. The SMILES string of the molecule is COCCCSc1nnc(CNc2cccc(OC)c2)n1C1CCCCC1. The van der Waals surface area contributed by atoms with Crippen LogP contribution < -0.4 is 10.1 Å². The van der Waals surface area contributed by atoms with Gasteiger partial charge in [-0.25, -0.2) is 0 Å². The van der Waals surface area contributed by atoms with Crippen LogP contribution in [0.2, 0.25) is 0 Å². The van der Waals surface area contributed by atoms with Crippen molar-refractivity contribution in [1.29, 1.82) is 0 Å². The van der Waals surface area contributed by atoms with E-state index in [0.717, 1.165) is 41.2 Å². The van der Waals surface area contributed by atoms with Gasteiger partial charge in [0, 0.05) is 37.3 Å². The van der Waals surface area contributed by atoms with E-state index in [1.165, 1.54) is 32.1 Å². The molecule has 2 aromatic rings. The molecule has 3 rings (SSSR count). The van der Waals surface area contributed by atoms with Crippen molar-refractivity contribution in [2.24, 2.45) is 0 Å². The second-order valence-electron chi connectivity index (χ2n) is 6.84. The van der Waals surface area contributed by atoms with E-state index in [4.69, 9.17) is 9.47 Å². The zero-order valence-electron chi connectivity index (χ0n) is 16.3. The molecule has 1 N–H and O–H groups in total. The summed E-state index contributed by atoms with van der Waals surface area (Å²) in [6, 6.07) is 8.50. The Labute approximate surface area is 166 Å². The van der Waals surface area contributed by atoms with Crippen LogP contribution in [0.3, 0.4) is 0 Å². The highest BCUT2D eigenvalue weighted by molar-refractivity contribution is 7.99. The van der Waals surface area contributed by atoms with E-state index in [-0.39, 0.29) is 0 Å². The minimum absolute atomic E-state index is 0.515. The molecule has 0 spiro atoms. The van der Waals surface area contributed by atoms with Gasteiger partial charge in [-0.1, -0.05) is 37.1 Å². The van der Waals surface area contributed by atoms with Crippen LogP contribution in [-0.4, -0.2) is 41.3 Å². The second-order valence-corrected chi connectivity index (χ2v) is 7.90. The molecule has 148 valence electrons. The maximum absolute atomic E-state index is 5.31. The number of nitrogens with one attached hydrogen (secondary N) is 1. The molecule has 0 unspecified atom stereocenters. The van der Waals surface area contributed by atoms with Gasteiger partial charge in [0.15, 0.2) is 11.0 Å². The summed E-state index contributed by atoms with van der Waals surface area (Å²) in [7, 11) is 3.43. The van der Waals surface area contributed by atoms with Gasteiger partial charge >= 0.3 is 0 Å². The highest BCUT2D eigenvalue weighted by atomic mass is 32.2.